The van der Waals surface area contributed by atoms with Crippen LogP contribution in [-0.2, 0) is 44.8 Å². The second kappa shape index (κ2) is 21.2. The maximum atomic E-state index is 14.6. The smallest absolute Gasteiger partial charge is 0.248 e. The molecule has 9 unspecified atom stereocenters. The summed E-state index contributed by atoms with van der Waals surface area (Å²) in [7, 11) is 0. The highest BCUT2D eigenvalue weighted by Crippen LogP contribution is 2.26. The summed E-state index contributed by atoms with van der Waals surface area (Å²) < 4.78 is 0. The van der Waals surface area contributed by atoms with E-state index in [1.165, 1.54) is 21.6 Å². The molecule has 1 aromatic carbocycles. The molecule has 5 heterocycles. The number of carbonyl (C=O) groups is 8. The molecule has 0 spiro atoms. The van der Waals surface area contributed by atoms with Crippen molar-refractivity contribution in [2.45, 2.75) is 161 Å². The zero-order valence-electron chi connectivity index (χ0n) is 38.9. The summed E-state index contributed by atoms with van der Waals surface area (Å²) in [4.78, 5) is 122. The number of H-pyrrole nitrogens is 1. The lowest BCUT2D eigenvalue weighted by Gasteiger charge is -2.34. The van der Waals surface area contributed by atoms with Crippen molar-refractivity contribution in [1.82, 2.24) is 46.3 Å². The molecule has 4 aliphatic heterocycles. The van der Waals surface area contributed by atoms with Crippen molar-refractivity contribution in [3.8, 4) is 0 Å². The molecule has 2 aromatic rings. The SMILES string of the molecule is CC(C)CC1NC(=O)C2CCCN2C(=O)C(C(C)C)NC(=O)C(Cc2c[nH]c3ccccc23)NC(=O)C2CCCN2C(=O)C(CC(C)C)NC(=O)C2CCCN2C(=O)C(C(C)O)NC1=O. The summed E-state index contributed by atoms with van der Waals surface area (Å²) in [5.41, 5.74) is 1.58. The van der Waals surface area contributed by atoms with Crippen LogP contribution in [-0.4, -0.2) is 146 Å². The Hall–Kier alpha value is -5.52. The van der Waals surface area contributed by atoms with Crippen molar-refractivity contribution >= 4 is 58.2 Å². The number of para-hydroxylation sites is 1. The fourth-order valence-corrected chi connectivity index (χ4v) is 9.81. The highest BCUT2D eigenvalue weighted by Gasteiger charge is 2.45. The second-order valence-corrected chi connectivity index (χ2v) is 19.5. The van der Waals surface area contributed by atoms with Crippen LogP contribution in [0.25, 0.3) is 10.9 Å². The molecule has 9 atom stereocenters. The molecule has 0 aliphatic carbocycles. The van der Waals surface area contributed by atoms with E-state index in [2.05, 4.69) is 31.6 Å². The Balaban J connectivity index is 1.38. The first kappa shape index (κ1) is 48.9. The van der Waals surface area contributed by atoms with Gasteiger partial charge in [0.1, 0.15) is 48.3 Å². The minimum absolute atomic E-state index is 0.0495. The molecular weight excluding hydrogens is 835 g/mol. The lowest BCUT2D eigenvalue weighted by atomic mass is 9.99. The van der Waals surface area contributed by atoms with Gasteiger partial charge in [-0.2, -0.15) is 0 Å². The average molecular weight is 904 g/mol. The molecule has 65 heavy (non-hydrogen) atoms. The molecule has 356 valence electrons. The van der Waals surface area contributed by atoms with Crippen molar-refractivity contribution < 1.29 is 43.5 Å². The van der Waals surface area contributed by atoms with Crippen LogP contribution in [0.4, 0.5) is 0 Å². The number of rotatable bonds is 8. The van der Waals surface area contributed by atoms with Gasteiger partial charge in [-0.15, -0.1) is 0 Å². The van der Waals surface area contributed by atoms with Gasteiger partial charge in [0.2, 0.25) is 47.3 Å². The van der Waals surface area contributed by atoms with Crippen molar-refractivity contribution in [3.63, 3.8) is 0 Å². The number of aromatic amines is 1. The van der Waals surface area contributed by atoms with Gasteiger partial charge >= 0.3 is 0 Å². The summed E-state index contributed by atoms with van der Waals surface area (Å²) in [6.45, 7) is 13.1. The maximum Gasteiger partial charge on any atom is 0.248 e. The molecule has 18 heteroatoms. The molecule has 18 nitrogen and oxygen atoms in total. The monoisotopic (exact) mass is 904 g/mol. The third-order valence-electron chi connectivity index (χ3n) is 13.2. The Morgan fingerprint density at radius 1 is 0.554 bits per heavy atom. The standard InChI is InChI=1S/C47H69N9O9/c1-25(2)21-32-40(58)53-39(28(7)57)47(65)56-20-12-17-37(56)44(62)51-34(22-26(3)4)45(63)54-18-10-15-35(54)42(60)50-33(23-29-24-48-31-14-9-8-13-30(29)31)41(59)52-38(27(5)6)46(64)55-19-11-16-36(55)43(61)49-32/h8-9,13-14,24-28,32-39,48,57H,10-12,15-23H2,1-7H3,(H,49,61)(H,50,60)(H,51,62)(H,52,59)(H,53,58). The van der Waals surface area contributed by atoms with Crippen LogP contribution >= 0.6 is 0 Å². The highest BCUT2D eigenvalue weighted by molar-refractivity contribution is 6.00. The molecule has 0 radical (unpaired) electrons. The first-order valence-corrected chi connectivity index (χ1v) is 23.5. The van der Waals surface area contributed by atoms with Crippen LogP contribution in [0.2, 0.25) is 0 Å². The van der Waals surface area contributed by atoms with Gasteiger partial charge in [-0.3, -0.25) is 38.4 Å². The second-order valence-electron chi connectivity index (χ2n) is 19.5. The van der Waals surface area contributed by atoms with Crippen molar-refractivity contribution in [2.75, 3.05) is 19.6 Å². The van der Waals surface area contributed by atoms with E-state index in [4.69, 9.17) is 0 Å². The van der Waals surface area contributed by atoms with E-state index in [1.807, 2.05) is 52.0 Å². The Bertz CT molecular complexity index is 2100. The predicted molar refractivity (Wildman–Crippen MR) is 241 cm³/mol. The highest BCUT2D eigenvalue weighted by atomic mass is 16.3. The number of hydrogen-bond acceptors (Lipinski definition) is 9. The third kappa shape index (κ3) is 11.3. The van der Waals surface area contributed by atoms with E-state index < -0.39 is 108 Å². The minimum atomic E-state index is -1.47. The lowest BCUT2D eigenvalue weighted by Crippen LogP contribution is -2.62. The Kier molecular flexibility index (Phi) is 16.0. The van der Waals surface area contributed by atoms with Gasteiger partial charge in [-0.05, 0) is 87.7 Å². The van der Waals surface area contributed by atoms with E-state index in [9.17, 15) is 43.5 Å². The normalized spacial score (nSPS) is 28.8. The van der Waals surface area contributed by atoms with E-state index in [-0.39, 0.29) is 57.2 Å². The fourth-order valence-electron chi connectivity index (χ4n) is 9.81. The molecule has 4 saturated heterocycles. The predicted octanol–water partition coefficient (Wildman–Crippen LogP) is 1.25. The molecule has 1 aromatic heterocycles. The Labute approximate surface area is 381 Å². The lowest BCUT2D eigenvalue weighted by molar-refractivity contribution is -0.146. The van der Waals surface area contributed by atoms with E-state index >= 15 is 0 Å². The van der Waals surface area contributed by atoms with Gasteiger partial charge in [-0.1, -0.05) is 59.7 Å². The molecule has 0 saturated carbocycles. The molecular formula is C47H69N9O9. The molecule has 0 bridgehead atoms. The van der Waals surface area contributed by atoms with Crippen LogP contribution in [0.15, 0.2) is 30.5 Å². The molecule has 4 fully saturated rings. The van der Waals surface area contributed by atoms with Gasteiger partial charge < -0.3 is 51.4 Å². The number of benzene rings is 1. The van der Waals surface area contributed by atoms with Crippen molar-refractivity contribution in [1.29, 1.82) is 0 Å². The summed E-state index contributed by atoms with van der Waals surface area (Å²) in [5.74, 6) is -5.28. The van der Waals surface area contributed by atoms with Gasteiger partial charge in [0, 0.05) is 43.2 Å². The zero-order chi connectivity index (χ0) is 47.3. The molecule has 4 aliphatic rings. The number of fused-ring (bicyclic) bond motifs is 4. The summed E-state index contributed by atoms with van der Waals surface area (Å²) >= 11 is 0. The number of aromatic nitrogens is 1. The van der Waals surface area contributed by atoms with Crippen LogP contribution in [0.3, 0.4) is 0 Å². The van der Waals surface area contributed by atoms with Gasteiger partial charge in [0.25, 0.3) is 0 Å². The number of amides is 8. The third-order valence-corrected chi connectivity index (χ3v) is 13.2. The van der Waals surface area contributed by atoms with Crippen molar-refractivity contribution in [3.05, 3.63) is 36.0 Å². The summed E-state index contributed by atoms with van der Waals surface area (Å²) in [6, 6.07) is -1.36. The number of carbonyl (C=O) groups excluding carboxylic acids is 8. The Morgan fingerprint density at radius 3 is 1.52 bits per heavy atom. The number of aliphatic hydroxyl groups excluding tert-OH is 1. The zero-order valence-corrected chi connectivity index (χ0v) is 38.9. The van der Waals surface area contributed by atoms with Crippen LogP contribution in [0.5, 0.6) is 0 Å². The summed E-state index contributed by atoms with van der Waals surface area (Å²) in [6.07, 6.45) is 3.16. The first-order chi connectivity index (χ1) is 30.9. The number of nitrogens with one attached hydrogen (secondary N) is 6. The fraction of sp³-hybridized carbons (Fsp3) is 0.660. The van der Waals surface area contributed by atoms with Crippen LogP contribution in [0.1, 0.15) is 105 Å². The largest absolute Gasteiger partial charge is 0.391 e. The maximum absolute atomic E-state index is 14.6. The van der Waals surface area contributed by atoms with E-state index in [0.717, 1.165) is 16.5 Å². The Morgan fingerprint density at radius 2 is 1.00 bits per heavy atom. The van der Waals surface area contributed by atoms with Crippen molar-refractivity contribution in [2.24, 2.45) is 17.8 Å². The number of hydrogen-bond donors (Lipinski definition) is 7. The van der Waals surface area contributed by atoms with Crippen LogP contribution < -0.4 is 26.6 Å². The quantitative estimate of drug-likeness (QED) is 0.202. The average Bonchev–Trinajstić information content (AvgIpc) is 4.09. The van der Waals surface area contributed by atoms with Gasteiger partial charge in [0.15, 0.2) is 0 Å². The van der Waals surface area contributed by atoms with E-state index in [1.54, 1.807) is 20.0 Å². The first-order valence-electron chi connectivity index (χ1n) is 23.5. The van der Waals surface area contributed by atoms with Crippen LogP contribution in [0, 0.1) is 17.8 Å². The molecule has 8 amide bonds. The number of nitrogens with zero attached hydrogens (tertiary/aromatic N) is 3. The number of aliphatic hydroxyl groups is 1. The minimum Gasteiger partial charge on any atom is -0.391 e. The van der Waals surface area contributed by atoms with Gasteiger partial charge in [0.05, 0.1) is 6.10 Å². The van der Waals surface area contributed by atoms with Gasteiger partial charge in [-0.25, -0.2) is 0 Å². The van der Waals surface area contributed by atoms with E-state index in [0.29, 0.717) is 32.1 Å². The summed E-state index contributed by atoms with van der Waals surface area (Å²) in [5, 5.41) is 26.0. The molecule has 6 rings (SSSR count). The molecule has 7 N–H and O–H groups in total. The topological polar surface area (TPSA) is 242 Å².